The summed E-state index contributed by atoms with van der Waals surface area (Å²) in [5, 5.41) is 16.1. The van der Waals surface area contributed by atoms with Gasteiger partial charge in [0.25, 0.3) is 0 Å². The first-order chi connectivity index (χ1) is 47.1. The van der Waals surface area contributed by atoms with Crippen LogP contribution in [0.5, 0.6) is 0 Å². The highest BCUT2D eigenvalue weighted by Crippen LogP contribution is 2.24. The number of aliphatic hydroxyl groups is 2. The van der Waals surface area contributed by atoms with Crippen molar-refractivity contribution in [1.29, 1.82) is 0 Å². The van der Waals surface area contributed by atoms with Gasteiger partial charge in [-0.25, -0.2) is 9.59 Å². The molecule has 0 radical (unpaired) electrons. The Kier molecular flexibility index (Phi) is 83.4. The van der Waals surface area contributed by atoms with E-state index in [-0.39, 0.29) is 35.6 Å². The third kappa shape index (κ3) is 58.0. The molecular formula is C81H136O16. The SMILES string of the molecule is C=CC(C(=O)OCCCCCC)C(C=C)C(=O)OCCCCCC.C=CC(C=O)C(C=C)C=O.C=CCC(C=C)COC(=O)c1ccccc1C(=O)OCCCC.CC.CC.CCCCCCCOC(=O)C1C=CC=CC1C(=O)OCCCCCCC.CCCCO.CCCCO. The molecule has 556 valence electrons. The third-order valence-electron chi connectivity index (χ3n) is 14.2. The van der Waals surface area contributed by atoms with Crippen LogP contribution >= 0.6 is 0 Å². The highest BCUT2D eigenvalue weighted by molar-refractivity contribution is 6.03. The van der Waals surface area contributed by atoms with Crippen molar-refractivity contribution in [3.05, 3.63) is 136 Å². The molecule has 7 unspecified atom stereocenters. The van der Waals surface area contributed by atoms with Crippen LogP contribution in [0.25, 0.3) is 0 Å². The maximum atomic E-state index is 12.3. The van der Waals surface area contributed by atoms with E-state index in [2.05, 4.69) is 81.0 Å². The Morgan fingerprint density at radius 3 is 1.02 bits per heavy atom. The standard InChI is InChI=1S/C22H36O4.C20H34O4.C19H24O4.C8H10O2.2C4H10O.2C2H6/c1-3-5-7-9-13-17-25-21(23)19-15-11-12-16-20(19)22(24)26-18-14-10-8-6-4-2;1-5-9-11-13-15-23-19(21)17(7-3)18(8-4)20(22)24-16-14-12-10-6-2;1-4-7-13-22-18(20)16-11-8-9-12-17(16)19(21)23-14-15(6-3)10-5-2;1-3-7(5-9)8(4-2)6-10;2*1-2-3-4-5;2*1-2/h11-12,15-16,19-20H,3-10,13-14,17-18H2,1-2H3;7-8,17-18H,3-6,9-16H2,1-2H3;5-6,8-9,11-12,15H,2-4,7,10,13-14H2,1H3;3-8H,1-2H2;2*5H,2-4H2,1H3;2*1-2H3. The van der Waals surface area contributed by atoms with Gasteiger partial charge in [-0.1, -0.05) is 258 Å². The summed E-state index contributed by atoms with van der Waals surface area (Å²) in [5.41, 5.74) is 0.447. The number of ether oxygens (including phenoxy) is 6. The van der Waals surface area contributed by atoms with Crippen LogP contribution in [0.15, 0.2) is 124 Å². The van der Waals surface area contributed by atoms with E-state index in [0.717, 1.165) is 116 Å². The van der Waals surface area contributed by atoms with Crippen molar-refractivity contribution in [2.24, 2.45) is 41.4 Å². The molecule has 2 N–H and O–H groups in total. The summed E-state index contributed by atoms with van der Waals surface area (Å²) in [5.74, 6) is -6.01. The van der Waals surface area contributed by atoms with Gasteiger partial charge in [-0.2, -0.15) is 0 Å². The van der Waals surface area contributed by atoms with Gasteiger partial charge >= 0.3 is 35.8 Å². The van der Waals surface area contributed by atoms with E-state index in [9.17, 15) is 38.4 Å². The van der Waals surface area contributed by atoms with Crippen molar-refractivity contribution < 1.29 is 77.0 Å². The minimum absolute atomic E-state index is 0.0140. The zero-order valence-corrected chi connectivity index (χ0v) is 62.5. The summed E-state index contributed by atoms with van der Waals surface area (Å²) in [6, 6.07) is 6.51. The minimum atomic E-state index is -0.739. The van der Waals surface area contributed by atoms with Gasteiger partial charge < -0.3 is 48.2 Å². The fourth-order valence-corrected chi connectivity index (χ4v) is 8.24. The largest absolute Gasteiger partial charge is 0.465 e. The molecule has 1 aromatic rings. The van der Waals surface area contributed by atoms with E-state index in [1.165, 1.54) is 62.8 Å². The Morgan fingerprint density at radius 1 is 0.412 bits per heavy atom. The lowest BCUT2D eigenvalue weighted by molar-refractivity contribution is -0.157. The van der Waals surface area contributed by atoms with E-state index in [0.29, 0.717) is 65.2 Å². The number of benzene rings is 1. The first-order valence-corrected chi connectivity index (χ1v) is 36.4. The molecule has 0 aromatic heterocycles. The highest BCUT2D eigenvalue weighted by Gasteiger charge is 2.34. The number of allylic oxidation sites excluding steroid dienone is 5. The molecule has 0 bridgehead atoms. The van der Waals surface area contributed by atoms with Crippen LogP contribution in [0.3, 0.4) is 0 Å². The number of aldehydes is 2. The molecule has 1 aromatic carbocycles. The molecule has 0 fully saturated rings. The number of carbonyl (C=O) groups is 8. The number of unbranched alkanes of at least 4 members (excludes halogenated alkanes) is 17. The monoisotopic (exact) mass is 1360 g/mol. The van der Waals surface area contributed by atoms with Crippen molar-refractivity contribution >= 4 is 48.4 Å². The predicted molar refractivity (Wildman–Crippen MR) is 399 cm³/mol. The molecule has 97 heavy (non-hydrogen) atoms. The van der Waals surface area contributed by atoms with Crippen LogP contribution in [-0.4, -0.2) is 111 Å². The molecule has 16 heteroatoms. The maximum Gasteiger partial charge on any atom is 0.339 e. The van der Waals surface area contributed by atoms with Crippen LogP contribution < -0.4 is 0 Å². The highest BCUT2D eigenvalue weighted by atomic mass is 16.6. The number of esters is 6. The Morgan fingerprint density at radius 2 is 0.732 bits per heavy atom. The van der Waals surface area contributed by atoms with Crippen molar-refractivity contribution in [2.45, 2.75) is 237 Å². The molecule has 1 aliphatic carbocycles. The van der Waals surface area contributed by atoms with Gasteiger partial charge in [-0.15, -0.1) is 39.5 Å². The van der Waals surface area contributed by atoms with Crippen molar-refractivity contribution in [3.63, 3.8) is 0 Å². The summed E-state index contributed by atoms with van der Waals surface area (Å²) < 4.78 is 31.7. The fourth-order valence-electron chi connectivity index (χ4n) is 8.24. The number of hydrogen-bond donors (Lipinski definition) is 2. The first kappa shape index (κ1) is 101. The van der Waals surface area contributed by atoms with Crippen LogP contribution in [0.4, 0.5) is 0 Å². The van der Waals surface area contributed by atoms with Crippen LogP contribution in [0, 0.1) is 41.4 Å². The second kappa shape index (κ2) is 79.9. The first-order valence-electron chi connectivity index (χ1n) is 36.4. The molecule has 0 amide bonds. The average Bonchev–Trinajstić information content (AvgIpc) is 0.901. The summed E-state index contributed by atoms with van der Waals surface area (Å²) >= 11 is 0. The molecule has 0 heterocycles. The van der Waals surface area contributed by atoms with Gasteiger partial charge in [0.15, 0.2) is 0 Å². The summed E-state index contributed by atoms with van der Waals surface area (Å²) in [6.07, 6.45) is 43.5. The molecule has 7 atom stereocenters. The normalized spacial score (nSPS) is 13.4. The van der Waals surface area contributed by atoms with Crippen LogP contribution in [0.1, 0.15) is 257 Å². The number of aliphatic hydroxyl groups excluding tert-OH is 2. The summed E-state index contributed by atoms with van der Waals surface area (Å²) in [7, 11) is 0. The van der Waals surface area contributed by atoms with E-state index in [4.69, 9.17) is 38.6 Å². The van der Waals surface area contributed by atoms with Gasteiger partial charge in [0.2, 0.25) is 0 Å². The second-order valence-electron chi connectivity index (χ2n) is 22.2. The van der Waals surface area contributed by atoms with Crippen molar-refractivity contribution in [3.8, 4) is 0 Å². The molecule has 0 saturated heterocycles. The Balaban J connectivity index is -0.000000274. The van der Waals surface area contributed by atoms with Crippen LogP contribution in [0.2, 0.25) is 0 Å². The Bertz CT molecular complexity index is 2080. The number of carbonyl (C=O) groups excluding carboxylic acids is 8. The lowest BCUT2D eigenvalue weighted by Gasteiger charge is -2.21. The quantitative estimate of drug-likeness (QED) is 0.0203. The summed E-state index contributed by atoms with van der Waals surface area (Å²) in [4.78, 5) is 93.8. The van der Waals surface area contributed by atoms with Gasteiger partial charge in [0, 0.05) is 31.0 Å². The van der Waals surface area contributed by atoms with Gasteiger partial charge in [0.1, 0.15) is 12.6 Å². The lowest BCUT2D eigenvalue weighted by atomic mass is 9.88. The van der Waals surface area contributed by atoms with E-state index in [1.807, 2.05) is 34.6 Å². The second-order valence-corrected chi connectivity index (χ2v) is 22.2. The molecule has 1 aliphatic rings. The number of rotatable bonds is 48. The fraction of sp³-hybridized carbons (Fsp3) is 0.630. The van der Waals surface area contributed by atoms with Crippen LogP contribution in [-0.2, 0) is 57.2 Å². The average molecular weight is 1370 g/mol. The molecule has 0 aliphatic heterocycles. The Hall–Kier alpha value is -6.78. The smallest absolute Gasteiger partial charge is 0.339 e. The number of hydrogen-bond acceptors (Lipinski definition) is 16. The predicted octanol–water partition coefficient (Wildman–Crippen LogP) is 19.0. The van der Waals surface area contributed by atoms with E-state index >= 15 is 0 Å². The summed E-state index contributed by atoms with van der Waals surface area (Å²) in [6.45, 7) is 47.0. The Labute approximate surface area is 589 Å². The molecule has 2 rings (SSSR count). The third-order valence-corrected chi connectivity index (χ3v) is 14.2. The lowest BCUT2D eigenvalue weighted by Crippen LogP contribution is -2.31. The maximum absolute atomic E-state index is 12.3. The van der Waals surface area contributed by atoms with Gasteiger partial charge in [0.05, 0.1) is 74.4 Å². The van der Waals surface area contributed by atoms with Crippen molar-refractivity contribution in [1.82, 2.24) is 0 Å². The zero-order valence-electron chi connectivity index (χ0n) is 62.5. The molecule has 0 saturated carbocycles. The van der Waals surface area contributed by atoms with Gasteiger partial charge in [-0.05, 0) is 63.5 Å². The van der Waals surface area contributed by atoms with E-state index in [1.54, 1.807) is 60.7 Å². The molecule has 16 nitrogen and oxygen atoms in total. The molecular weight excluding hydrogens is 1230 g/mol. The molecule has 0 spiro atoms. The van der Waals surface area contributed by atoms with E-state index < -0.39 is 59.4 Å². The van der Waals surface area contributed by atoms with Crippen molar-refractivity contribution in [2.75, 3.05) is 52.9 Å². The van der Waals surface area contributed by atoms with Gasteiger partial charge in [-0.3, -0.25) is 19.2 Å². The topological polar surface area (TPSA) is 232 Å². The zero-order chi connectivity index (χ0) is 74.6. The minimum Gasteiger partial charge on any atom is -0.465 e.